The summed E-state index contributed by atoms with van der Waals surface area (Å²) in [4.78, 5) is 11.8. The van der Waals surface area contributed by atoms with E-state index >= 15 is 0 Å². The van der Waals surface area contributed by atoms with Crippen LogP contribution in [0.25, 0.3) is 0 Å². The van der Waals surface area contributed by atoms with Crippen LogP contribution in [-0.2, 0) is 9.53 Å². The number of hydrogen-bond acceptors (Lipinski definition) is 4. The topological polar surface area (TPSA) is 51.1 Å². The van der Waals surface area contributed by atoms with Gasteiger partial charge in [-0.15, -0.1) is 0 Å². The Morgan fingerprint density at radius 2 is 2.24 bits per heavy atom. The number of anilines is 1. The van der Waals surface area contributed by atoms with E-state index in [1.165, 1.54) is 5.01 Å². The third-order valence-electron chi connectivity index (χ3n) is 2.44. The molecule has 1 aliphatic heterocycles. The van der Waals surface area contributed by atoms with Crippen LogP contribution in [0.1, 0.15) is 6.42 Å². The molecule has 0 saturated carbocycles. The summed E-state index contributed by atoms with van der Waals surface area (Å²) in [5.41, 5.74) is 1.45. The number of hydrazone groups is 1. The Balaban J connectivity index is 2.24. The maximum absolute atomic E-state index is 11.8. The number of amides is 1. The molecule has 0 aromatic heterocycles. The van der Waals surface area contributed by atoms with Crippen molar-refractivity contribution < 1.29 is 14.3 Å². The highest BCUT2D eigenvalue weighted by atomic mass is 16.5. The maximum Gasteiger partial charge on any atom is 0.253 e. The number of ether oxygens (including phenoxy) is 2. The van der Waals surface area contributed by atoms with Crippen molar-refractivity contribution in [2.75, 3.05) is 25.8 Å². The average Bonchev–Trinajstić information content (AvgIpc) is 2.71. The van der Waals surface area contributed by atoms with Gasteiger partial charge in [0.2, 0.25) is 0 Å². The lowest BCUT2D eigenvalue weighted by Gasteiger charge is -2.12. The molecular weight excluding hydrogens is 220 g/mol. The van der Waals surface area contributed by atoms with Gasteiger partial charge in [0.05, 0.1) is 31.5 Å². The van der Waals surface area contributed by atoms with Gasteiger partial charge in [0.15, 0.2) is 0 Å². The van der Waals surface area contributed by atoms with Crippen LogP contribution in [0.5, 0.6) is 5.75 Å². The standard InChI is InChI=1S/C12H14N2O3/c1-16-8-9-6-12(15)14(13-9)10-4-3-5-11(7-10)17-2/h3-5,7H,6,8H2,1-2H3. The van der Waals surface area contributed by atoms with Crippen molar-refractivity contribution in [2.45, 2.75) is 6.42 Å². The van der Waals surface area contributed by atoms with Crippen molar-refractivity contribution in [1.82, 2.24) is 0 Å². The predicted octanol–water partition coefficient (Wildman–Crippen LogP) is 1.43. The molecule has 0 bridgehead atoms. The fraction of sp³-hybridized carbons (Fsp3) is 0.333. The number of carbonyl (C=O) groups is 1. The molecule has 0 fully saturated rings. The smallest absolute Gasteiger partial charge is 0.253 e. The fourth-order valence-electron chi connectivity index (χ4n) is 1.67. The van der Waals surface area contributed by atoms with Crippen LogP contribution in [0.4, 0.5) is 5.69 Å². The van der Waals surface area contributed by atoms with Crippen molar-refractivity contribution in [1.29, 1.82) is 0 Å². The highest BCUT2D eigenvalue weighted by Gasteiger charge is 2.25. The lowest BCUT2D eigenvalue weighted by molar-refractivity contribution is -0.116. The summed E-state index contributed by atoms with van der Waals surface area (Å²) in [5.74, 6) is 0.649. The van der Waals surface area contributed by atoms with E-state index in [1.807, 2.05) is 18.2 Å². The second-order valence-corrected chi connectivity index (χ2v) is 3.68. The fourth-order valence-corrected chi connectivity index (χ4v) is 1.67. The van der Waals surface area contributed by atoms with Crippen molar-refractivity contribution in [3.63, 3.8) is 0 Å². The molecular formula is C12H14N2O3. The van der Waals surface area contributed by atoms with E-state index < -0.39 is 0 Å². The van der Waals surface area contributed by atoms with E-state index in [9.17, 15) is 4.79 Å². The summed E-state index contributed by atoms with van der Waals surface area (Å²) in [6, 6.07) is 7.24. The van der Waals surface area contributed by atoms with Gasteiger partial charge in [-0.1, -0.05) is 6.07 Å². The molecule has 0 unspecified atom stereocenters. The van der Waals surface area contributed by atoms with Crippen LogP contribution in [0, 0.1) is 0 Å². The van der Waals surface area contributed by atoms with Gasteiger partial charge in [0.25, 0.3) is 5.91 Å². The molecule has 1 heterocycles. The second-order valence-electron chi connectivity index (χ2n) is 3.68. The quantitative estimate of drug-likeness (QED) is 0.792. The van der Waals surface area contributed by atoms with E-state index in [4.69, 9.17) is 9.47 Å². The Kier molecular flexibility index (Phi) is 3.39. The first-order valence-electron chi connectivity index (χ1n) is 5.27. The lowest BCUT2D eigenvalue weighted by Crippen LogP contribution is -2.19. The Morgan fingerprint density at radius 3 is 2.94 bits per heavy atom. The van der Waals surface area contributed by atoms with Gasteiger partial charge < -0.3 is 9.47 Å². The maximum atomic E-state index is 11.8. The first-order valence-corrected chi connectivity index (χ1v) is 5.27. The van der Waals surface area contributed by atoms with E-state index in [0.29, 0.717) is 24.5 Å². The SMILES string of the molecule is COCC1=NN(c2cccc(OC)c2)C(=O)C1. The summed E-state index contributed by atoms with van der Waals surface area (Å²) in [7, 11) is 3.17. The normalized spacial score (nSPS) is 15.1. The minimum Gasteiger partial charge on any atom is -0.497 e. The Morgan fingerprint density at radius 1 is 1.41 bits per heavy atom. The van der Waals surface area contributed by atoms with Gasteiger partial charge in [-0.05, 0) is 12.1 Å². The van der Waals surface area contributed by atoms with Crippen LogP contribution >= 0.6 is 0 Å². The average molecular weight is 234 g/mol. The molecule has 0 aliphatic carbocycles. The van der Waals surface area contributed by atoms with Crippen molar-refractivity contribution >= 4 is 17.3 Å². The highest BCUT2D eigenvalue weighted by molar-refractivity contribution is 6.13. The number of nitrogens with zero attached hydrogens (tertiary/aromatic N) is 2. The van der Waals surface area contributed by atoms with E-state index in [0.717, 1.165) is 5.71 Å². The molecule has 0 atom stereocenters. The van der Waals surface area contributed by atoms with Crippen LogP contribution < -0.4 is 9.75 Å². The van der Waals surface area contributed by atoms with Gasteiger partial charge in [0.1, 0.15) is 5.75 Å². The zero-order valence-corrected chi connectivity index (χ0v) is 9.84. The molecule has 1 aromatic rings. The minimum absolute atomic E-state index is 0.0506. The monoisotopic (exact) mass is 234 g/mol. The van der Waals surface area contributed by atoms with Crippen LogP contribution in [0.2, 0.25) is 0 Å². The number of hydrogen-bond donors (Lipinski definition) is 0. The summed E-state index contributed by atoms with van der Waals surface area (Å²) in [5, 5.41) is 5.61. The first-order chi connectivity index (χ1) is 8.24. The lowest BCUT2D eigenvalue weighted by atomic mass is 10.2. The van der Waals surface area contributed by atoms with Gasteiger partial charge in [-0.2, -0.15) is 5.10 Å². The molecule has 0 spiro atoms. The van der Waals surface area contributed by atoms with Gasteiger partial charge >= 0.3 is 0 Å². The Hall–Kier alpha value is -1.88. The van der Waals surface area contributed by atoms with Crippen molar-refractivity contribution in [3.8, 4) is 5.75 Å². The van der Waals surface area contributed by atoms with Gasteiger partial charge in [0, 0.05) is 13.2 Å². The molecule has 0 N–H and O–H groups in total. The molecule has 17 heavy (non-hydrogen) atoms. The summed E-state index contributed by atoms with van der Waals surface area (Å²) < 4.78 is 10.1. The number of benzene rings is 1. The van der Waals surface area contributed by atoms with Crippen LogP contribution in [-0.4, -0.2) is 32.4 Å². The van der Waals surface area contributed by atoms with Crippen molar-refractivity contribution in [3.05, 3.63) is 24.3 Å². The molecule has 1 aromatic carbocycles. The highest BCUT2D eigenvalue weighted by Crippen LogP contribution is 2.24. The summed E-state index contributed by atoms with van der Waals surface area (Å²) in [6.45, 7) is 0.381. The zero-order chi connectivity index (χ0) is 12.3. The predicted molar refractivity (Wildman–Crippen MR) is 64.4 cm³/mol. The first kappa shape index (κ1) is 11.6. The van der Waals surface area contributed by atoms with E-state index in [1.54, 1.807) is 20.3 Å². The third kappa shape index (κ3) is 2.45. The van der Waals surface area contributed by atoms with Crippen LogP contribution in [0.15, 0.2) is 29.4 Å². The summed E-state index contributed by atoms with van der Waals surface area (Å²) >= 11 is 0. The molecule has 5 heteroatoms. The number of methoxy groups -OCH3 is 2. The molecule has 1 amide bonds. The Bertz CT molecular complexity index is 457. The third-order valence-corrected chi connectivity index (χ3v) is 2.44. The summed E-state index contributed by atoms with van der Waals surface area (Å²) in [6.07, 6.45) is 0.311. The molecule has 5 nitrogen and oxygen atoms in total. The van der Waals surface area contributed by atoms with E-state index in [-0.39, 0.29) is 5.91 Å². The molecule has 1 aliphatic rings. The van der Waals surface area contributed by atoms with Gasteiger partial charge in [-0.3, -0.25) is 4.79 Å². The second kappa shape index (κ2) is 4.97. The zero-order valence-electron chi connectivity index (χ0n) is 9.84. The van der Waals surface area contributed by atoms with Gasteiger partial charge in [-0.25, -0.2) is 5.01 Å². The number of carbonyl (C=O) groups excluding carboxylic acids is 1. The molecule has 0 saturated heterocycles. The minimum atomic E-state index is -0.0506. The molecule has 90 valence electrons. The molecule has 2 rings (SSSR count). The van der Waals surface area contributed by atoms with E-state index in [2.05, 4.69) is 5.10 Å². The van der Waals surface area contributed by atoms with Crippen molar-refractivity contribution in [2.24, 2.45) is 5.10 Å². The van der Waals surface area contributed by atoms with Crippen LogP contribution in [0.3, 0.4) is 0 Å². The molecule has 0 radical (unpaired) electrons. The Labute approximate surface area is 99.6 Å². The number of rotatable bonds is 4. The largest absolute Gasteiger partial charge is 0.497 e.